The molecule has 0 unspecified atom stereocenters. The summed E-state index contributed by atoms with van der Waals surface area (Å²) in [5.74, 6) is -1.52. The Morgan fingerprint density at radius 1 is 1.50 bits per heavy atom. The molecule has 0 rings (SSSR count). The maximum absolute atomic E-state index is 10.4. The Kier molecular flexibility index (Phi) is 6.29. The second-order valence-electron chi connectivity index (χ2n) is 1.88. The molecule has 0 radical (unpaired) electrons. The van der Waals surface area contributed by atoms with Crippen molar-refractivity contribution in [1.82, 2.24) is 4.72 Å². The van der Waals surface area contributed by atoms with Crippen LogP contribution in [0.5, 0.6) is 0 Å². The summed E-state index contributed by atoms with van der Waals surface area (Å²) in [6.45, 7) is 1.13. The van der Waals surface area contributed by atoms with Gasteiger partial charge in [0.05, 0.1) is 6.42 Å². The number of rotatable bonds is 3. The molecule has 0 aliphatic rings. The molecule has 2 N–H and O–H groups in total. The Labute approximate surface area is 83.3 Å². The minimum absolute atomic E-state index is 0. The van der Waals surface area contributed by atoms with E-state index < -0.39 is 28.4 Å². The summed E-state index contributed by atoms with van der Waals surface area (Å²) in [6, 6.07) is 0. The predicted molar refractivity (Wildman–Crippen MR) is 36.1 cm³/mol. The maximum atomic E-state index is 10.4. The van der Waals surface area contributed by atoms with Gasteiger partial charge in [-0.3, -0.25) is 14.1 Å². The van der Waals surface area contributed by atoms with E-state index in [-0.39, 0.29) is 20.3 Å². The summed E-state index contributed by atoms with van der Waals surface area (Å²) in [6.07, 6.45) is -0.556. The number of amides is 1. The van der Waals surface area contributed by atoms with Gasteiger partial charge in [0.1, 0.15) is 5.78 Å². The molecule has 12 heavy (non-hydrogen) atoms. The standard InChI is InChI=1S/C4H7NO5S.Li.H/c1-3(6)2-4(7)5-11(8,9)10;;/h2H2,1H3,(H,5,7)(H,8,9,10);;/q;+1;-1. The van der Waals surface area contributed by atoms with Gasteiger partial charge in [0.2, 0.25) is 5.91 Å². The molecule has 0 atom stereocenters. The van der Waals surface area contributed by atoms with Crippen molar-refractivity contribution in [2.24, 2.45) is 0 Å². The Hall–Kier alpha value is -0.353. The van der Waals surface area contributed by atoms with Crippen molar-refractivity contribution in [3.05, 3.63) is 0 Å². The van der Waals surface area contributed by atoms with E-state index in [1.54, 1.807) is 0 Å². The van der Waals surface area contributed by atoms with Crippen LogP contribution in [0.4, 0.5) is 0 Å². The first-order chi connectivity index (χ1) is 4.81. The van der Waals surface area contributed by atoms with Gasteiger partial charge in [-0.1, -0.05) is 0 Å². The van der Waals surface area contributed by atoms with Gasteiger partial charge in [-0.05, 0) is 6.92 Å². The fraction of sp³-hybridized carbons (Fsp3) is 0.500. The molecule has 0 aromatic rings. The molecule has 0 spiro atoms. The van der Waals surface area contributed by atoms with Crippen LogP contribution in [0.2, 0.25) is 0 Å². The summed E-state index contributed by atoms with van der Waals surface area (Å²) in [5.41, 5.74) is 0. The van der Waals surface area contributed by atoms with Gasteiger partial charge >= 0.3 is 29.2 Å². The second kappa shape index (κ2) is 5.32. The molecule has 0 aromatic heterocycles. The molecule has 0 aliphatic heterocycles. The van der Waals surface area contributed by atoms with Crippen LogP contribution in [0.25, 0.3) is 0 Å². The Balaban J connectivity index is -0.000000500. The molecule has 0 saturated carbocycles. The largest absolute Gasteiger partial charge is 1.00 e. The van der Waals surface area contributed by atoms with Crippen LogP contribution in [-0.2, 0) is 19.9 Å². The number of ketones is 1. The first kappa shape index (κ1) is 14.2. The SMILES string of the molecule is CC(=O)CC(=O)NS(=O)(=O)O.[H-].[Li+]. The van der Waals surface area contributed by atoms with Gasteiger partial charge in [-0.25, -0.2) is 4.72 Å². The first-order valence-electron chi connectivity index (χ1n) is 2.59. The molecule has 0 bridgehead atoms. The molecular formula is C4H8LiNO5S. The number of carbonyl (C=O) groups excluding carboxylic acids is 2. The Bertz CT molecular complexity index is 276. The summed E-state index contributed by atoms with van der Waals surface area (Å²) in [4.78, 5) is 20.6. The van der Waals surface area contributed by atoms with Gasteiger partial charge in [0, 0.05) is 0 Å². The van der Waals surface area contributed by atoms with E-state index in [1.807, 2.05) is 0 Å². The number of hydrogen-bond donors (Lipinski definition) is 2. The average molecular weight is 189 g/mol. The van der Waals surface area contributed by atoms with Crippen LogP contribution >= 0.6 is 0 Å². The zero-order valence-electron chi connectivity index (χ0n) is 7.70. The zero-order valence-corrected chi connectivity index (χ0v) is 7.51. The van der Waals surface area contributed by atoms with E-state index in [4.69, 9.17) is 4.55 Å². The van der Waals surface area contributed by atoms with Crippen molar-refractivity contribution < 1.29 is 42.8 Å². The van der Waals surface area contributed by atoms with Crippen LogP contribution in [0.1, 0.15) is 14.8 Å². The molecule has 8 heteroatoms. The van der Waals surface area contributed by atoms with E-state index in [1.165, 1.54) is 4.72 Å². The van der Waals surface area contributed by atoms with Crippen LogP contribution in [0, 0.1) is 0 Å². The van der Waals surface area contributed by atoms with Crippen molar-refractivity contribution in [3.8, 4) is 0 Å². The third kappa shape index (κ3) is 9.65. The van der Waals surface area contributed by atoms with Crippen LogP contribution in [0.15, 0.2) is 0 Å². The molecule has 0 saturated heterocycles. The van der Waals surface area contributed by atoms with Crippen LogP contribution in [-0.4, -0.2) is 24.7 Å². The van der Waals surface area contributed by atoms with E-state index >= 15 is 0 Å². The normalized spacial score (nSPS) is 9.83. The van der Waals surface area contributed by atoms with Gasteiger partial charge < -0.3 is 1.43 Å². The molecule has 0 aliphatic carbocycles. The second-order valence-corrected chi connectivity index (χ2v) is 3.03. The summed E-state index contributed by atoms with van der Waals surface area (Å²) < 4.78 is 29.1. The minimum atomic E-state index is -4.52. The topological polar surface area (TPSA) is 101 Å². The van der Waals surface area contributed by atoms with E-state index in [9.17, 15) is 18.0 Å². The summed E-state index contributed by atoms with van der Waals surface area (Å²) >= 11 is 0. The Morgan fingerprint density at radius 2 is 1.92 bits per heavy atom. The van der Waals surface area contributed by atoms with E-state index in [0.29, 0.717) is 0 Å². The van der Waals surface area contributed by atoms with Crippen molar-refractivity contribution in [2.75, 3.05) is 0 Å². The van der Waals surface area contributed by atoms with Gasteiger partial charge in [-0.15, -0.1) is 0 Å². The molecule has 66 valence electrons. The fourth-order valence-corrected chi connectivity index (χ4v) is 0.766. The summed E-state index contributed by atoms with van der Waals surface area (Å²) in [7, 11) is -4.52. The van der Waals surface area contributed by atoms with Crippen molar-refractivity contribution in [1.29, 1.82) is 0 Å². The smallest absolute Gasteiger partial charge is 1.00 e. The van der Waals surface area contributed by atoms with Crippen LogP contribution in [0.3, 0.4) is 0 Å². The van der Waals surface area contributed by atoms with Gasteiger partial charge in [-0.2, -0.15) is 8.42 Å². The number of carbonyl (C=O) groups is 2. The molecular weight excluding hydrogens is 181 g/mol. The third-order valence-electron chi connectivity index (χ3n) is 0.652. The number of hydrogen-bond acceptors (Lipinski definition) is 4. The predicted octanol–water partition coefficient (Wildman–Crippen LogP) is -4.00. The maximum Gasteiger partial charge on any atom is 1.00 e. The monoisotopic (exact) mass is 189 g/mol. The number of Topliss-reactive ketones (excluding diaryl/α,β-unsaturated/α-hetero) is 1. The zero-order chi connectivity index (χ0) is 9.07. The summed E-state index contributed by atoms with van der Waals surface area (Å²) in [5, 5.41) is 0. The molecule has 1 amide bonds. The first-order valence-corrected chi connectivity index (χ1v) is 4.03. The fourth-order valence-electron chi connectivity index (χ4n) is 0.406. The van der Waals surface area contributed by atoms with Gasteiger partial charge in [0.25, 0.3) is 0 Å². The molecule has 0 fully saturated rings. The quantitative estimate of drug-likeness (QED) is 0.268. The minimum Gasteiger partial charge on any atom is -1.00 e. The third-order valence-corrected chi connectivity index (χ3v) is 1.14. The number of nitrogens with one attached hydrogen (secondary N) is 1. The van der Waals surface area contributed by atoms with Gasteiger partial charge in [0.15, 0.2) is 0 Å². The average Bonchev–Trinajstić information content (AvgIpc) is 1.53. The van der Waals surface area contributed by atoms with E-state index in [2.05, 4.69) is 0 Å². The van der Waals surface area contributed by atoms with Crippen LogP contribution < -0.4 is 23.6 Å². The molecule has 0 heterocycles. The molecule has 0 aromatic carbocycles. The van der Waals surface area contributed by atoms with Crippen molar-refractivity contribution >= 4 is 22.0 Å². The van der Waals surface area contributed by atoms with E-state index in [0.717, 1.165) is 6.92 Å². The Morgan fingerprint density at radius 3 is 2.17 bits per heavy atom. The van der Waals surface area contributed by atoms with Crippen molar-refractivity contribution in [3.63, 3.8) is 0 Å². The van der Waals surface area contributed by atoms with Crippen molar-refractivity contribution in [2.45, 2.75) is 13.3 Å². The molecule has 6 nitrogen and oxygen atoms in total.